The summed E-state index contributed by atoms with van der Waals surface area (Å²) in [5.41, 5.74) is 0.468. The number of methoxy groups -OCH3 is 2. The molecule has 0 spiro atoms. The second-order valence-corrected chi connectivity index (χ2v) is 5.37. The van der Waals surface area contributed by atoms with Crippen LogP contribution in [0.25, 0.3) is 10.8 Å². The van der Waals surface area contributed by atoms with Crippen molar-refractivity contribution in [3.05, 3.63) is 35.4 Å². The van der Waals surface area contributed by atoms with Gasteiger partial charge in [-0.2, -0.15) is 0 Å². The Morgan fingerprint density at radius 2 is 1.38 bits per heavy atom. The SMILES string of the molecule is CCOC(=O)C1C(=O)c2cc3cc(OC)c(OC)cc3cc2C1=O. The zero-order valence-electron chi connectivity index (χ0n) is 13.5. The second kappa shape index (κ2) is 5.96. The molecule has 2 aromatic carbocycles. The molecule has 0 amide bonds. The van der Waals surface area contributed by atoms with E-state index < -0.39 is 23.5 Å². The highest BCUT2D eigenvalue weighted by Gasteiger charge is 2.44. The lowest BCUT2D eigenvalue weighted by molar-refractivity contribution is -0.144. The minimum Gasteiger partial charge on any atom is -0.493 e. The van der Waals surface area contributed by atoms with Crippen molar-refractivity contribution < 1.29 is 28.6 Å². The van der Waals surface area contributed by atoms with Gasteiger partial charge in [-0.15, -0.1) is 0 Å². The average Bonchev–Trinajstić information content (AvgIpc) is 2.82. The Kier molecular flexibility index (Phi) is 3.97. The molecule has 1 aliphatic rings. The van der Waals surface area contributed by atoms with E-state index in [0.717, 1.165) is 10.8 Å². The van der Waals surface area contributed by atoms with Gasteiger partial charge in [0.1, 0.15) is 0 Å². The number of ether oxygens (including phenoxy) is 3. The van der Waals surface area contributed by atoms with Crippen molar-refractivity contribution in [2.45, 2.75) is 6.92 Å². The quantitative estimate of drug-likeness (QED) is 0.633. The van der Waals surface area contributed by atoms with Gasteiger partial charge in [0, 0.05) is 11.1 Å². The summed E-state index contributed by atoms with van der Waals surface area (Å²) >= 11 is 0. The predicted molar refractivity (Wildman–Crippen MR) is 85.8 cm³/mol. The standard InChI is InChI=1S/C18H16O6/c1-4-24-18(21)15-16(19)11-5-9-7-13(22-2)14(23-3)8-10(9)6-12(11)17(15)20/h5-8,15H,4H2,1-3H3. The Labute approximate surface area is 138 Å². The summed E-state index contributed by atoms with van der Waals surface area (Å²) in [4.78, 5) is 36.9. The third-order valence-electron chi connectivity index (χ3n) is 4.06. The van der Waals surface area contributed by atoms with Gasteiger partial charge in [-0.05, 0) is 42.0 Å². The molecule has 0 heterocycles. The van der Waals surface area contributed by atoms with E-state index in [4.69, 9.17) is 14.2 Å². The van der Waals surface area contributed by atoms with Gasteiger partial charge < -0.3 is 14.2 Å². The fraction of sp³-hybridized carbons (Fsp3) is 0.278. The molecule has 0 aromatic heterocycles. The topological polar surface area (TPSA) is 78.9 Å². The molecular weight excluding hydrogens is 312 g/mol. The number of fused-ring (bicyclic) bond motifs is 2. The van der Waals surface area contributed by atoms with Crippen LogP contribution in [0, 0.1) is 5.92 Å². The van der Waals surface area contributed by atoms with E-state index >= 15 is 0 Å². The Morgan fingerprint density at radius 3 is 1.75 bits per heavy atom. The first-order chi connectivity index (χ1) is 11.5. The highest BCUT2D eigenvalue weighted by molar-refractivity contribution is 6.35. The molecule has 124 valence electrons. The molecule has 6 nitrogen and oxygen atoms in total. The summed E-state index contributed by atoms with van der Waals surface area (Å²) in [7, 11) is 3.03. The smallest absolute Gasteiger partial charge is 0.324 e. The summed E-state index contributed by atoms with van der Waals surface area (Å²) < 4.78 is 15.4. The fourth-order valence-corrected chi connectivity index (χ4v) is 2.90. The van der Waals surface area contributed by atoms with Gasteiger partial charge >= 0.3 is 5.97 Å². The molecular formula is C18H16O6. The van der Waals surface area contributed by atoms with Crippen molar-refractivity contribution >= 4 is 28.3 Å². The third kappa shape index (κ3) is 2.31. The maximum Gasteiger partial charge on any atom is 0.324 e. The molecule has 6 heteroatoms. The van der Waals surface area contributed by atoms with Crippen LogP contribution in [0.4, 0.5) is 0 Å². The largest absolute Gasteiger partial charge is 0.493 e. The maximum absolute atomic E-state index is 12.5. The van der Waals surface area contributed by atoms with Crippen LogP contribution in [-0.4, -0.2) is 38.4 Å². The van der Waals surface area contributed by atoms with E-state index in [2.05, 4.69) is 0 Å². The first-order valence-electron chi connectivity index (χ1n) is 7.46. The van der Waals surface area contributed by atoms with E-state index in [9.17, 15) is 14.4 Å². The Morgan fingerprint density at radius 1 is 0.917 bits per heavy atom. The van der Waals surface area contributed by atoms with E-state index in [0.29, 0.717) is 11.5 Å². The zero-order chi connectivity index (χ0) is 17.4. The first-order valence-corrected chi connectivity index (χ1v) is 7.46. The second-order valence-electron chi connectivity index (χ2n) is 5.37. The number of rotatable bonds is 4. The molecule has 0 N–H and O–H groups in total. The van der Waals surface area contributed by atoms with Gasteiger partial charge in [-0.3, -0.25) is 14.4 Å². The molecule has 24 heavy (non-hydrogen) atoms. The number of carbonyl (C=O) groups is 3. The molecule has 0 fully saturated rings. The van der Waals surface area contributed by atoms with Crippen LogP contribution in [0.3, 0.4) is 0 Å². The van der Waals surface area contributed by atoms with Gasteiger partial charge in [-0.25, -0.2) is 0 Å². The maximum atomic E-state index is 12.5. The molecule has 0 saturated heterocycles. The van der Waals surface area contributed by atoms with Gasteiger partial charge in [0.2, 0.25) is 0 Å². The summed E-state index contributed by atoms with van der Waals surface area (Å²) in [6.07, 6.45) is 0. The number of hydrogen-bond acceptors (Lipinski definition) is 6. The number of benzene rings is 2. The molecule has 2 aromatic rings. The number of esters is 1. The fourth-order valence-electron chi connectivity index (χ4n) is 2.90. The molecule has 0 bridgehead atoms. The van der Waals surface area contributed by atoms with E-state index in [1.807, 2.05) is 0 Å². The predicted octanol–water partition coefficient (Wildman–Crippen LogP) is 2.42. The van der Waals surface area contributed by atoms with Crippen LogP contribution >= 0.6 is 0 Å². The van der Waals surface area contributed by atoms with Crippen LogP contribution in [0.2, 0.25) is 0 Å². The van der Waals surface area contributed by atoms with Crippen molar-refractivity contribution in [3.8, 4) is 11.5 Å². The van der Waals surface area contributed by atoms with E-state index in [-0.39, 0.29) is 17.7 Å². The van der Waals surface area contributed by atoms with Crippen LogP contribution in [0.15, 0.2) is 24.3 Å². The van der Waals surface area contributed by atoms with Crippen molar-refractivity contribution in [3.63, 3.8) is 0 Å². The summed E-state index contributed by atoms with van der Waals surface area (Å²) in [5, 5.41) is 1.44. The molecule has 3 rings (SSSR count). The third-order valence-corrected chi connectivity index (χ3v) is 4.06. The van der Waals surface area contributed by atoms with Gasteiger partial charge in [0.05, 0.1) is 20.8 Å². The number of hydrogen-bond donors (Lipinski definition) is 0. The lowest BCUT2D eigenvalue weighted by atomic mass is 10.0. The van der Waals surface area contributed by atoms with Crippen molar-refractivity contribution in [1.29, 1.82) is 0 Å². The van der Waals surface area contributed by atoms with Gasteiger partial charge in [0.25, 0.3) is 0 Å². The highest BCUT2D eigenvalue weighted by Crippen LogP contribution is 2.36. The Hall–Kier alpha value is -2.89. The Balaban J connectivity index is 2.15. The minimum atomic E-state index is -1.40. The zero-order valence-corrected chi connectivity index (χ0v) is 13.5. The summed E-state index contributed by atoms with van der Waals surface area (Å²) in [6, 6.07) is 6.66. The van der Waals surface area contributed by atoms with Gasteiger partial charge in [-0.1, -0.05) is 0 Å². The summed E-state index contributed by atoms with van der Waals surface area (Å²) in [6.45, 7) is 1.74. The number of Topliss-reactive ketones (excluding diaryl/α,β-unsaturated/α-hetero) is 2. The Bertz CT molecular complexity index is 805. The van der Waals surface area contributed by atoms with Gasteiger partial charge in [0.15, 0.2) is 29.0 Å². The van der Waals surface area contributed by atoms with Crippen LogP contribution in [0.1, 0.15) is 27.6 Å². The average molecular weight is 328 g/mol. The van der Waals surface area contributed by atoms with Crippen molar-refractivity contribution in [2.24, 2.45) is 5.92 Å². The van der Waals surface area contributed by atoms with Crippen LogP contribution in [0.5, 0.6) is 11.5 Å². The van der Waals surface area contributed by atoms with Crippen molar-refractivity contribution in [1.82, 2.24) is 0 Å². The molecule has 0 unspecified atom stereocenters. The van der Waals surface area contributed by atoms with Crippen molar-refractivity contribution in [2.75, 3.05) is 20.8 Å². The number of carbonyl (C=O) groups excluding carboxylic acids is 3. The van der Waals surface area contributed by atoms with E-state index in [1.165, 1.54) is 14.2 Å². The molecule has 0 saturated carbocycles. The lowest BCUT2D eigenvalue weighted by Gasteiger charge is -2.10. The summed E-state index contributed by atoms with van der Waals surface area (Å²) in [5.74, 6) is -2.22. The monoisotopic (exact) mass is 328 g/mol. The lowest BCUT2D eigenvalue weighted by Crippen LogP contribution is -2.27. The van der Waals surface area contributed by atoms with Crippen LogP contribution < -0.4 is 9.47 Å². The first kappa shape index (κ1) is 16.0. The number of ketones is 2. The molecule has 0 atom stereocenters. The minimum absolute atomic E-state index is 0.114. The molecule has 0 radical (unpaired) electrons. The molecule has 1 aliphatic carbocycles. The van der Waals surface area contributed by atoms with E-state index in [1.54, 1.807) is 31.2 Å². The highest BCUT2D eigenvalue weighted by atomic mass is 16.5. The molecule has 0 aliphatic heterocycles. The normalized spacial score (nSPS) is 14.0. The van der Waals surface area contributed by atoms with Crippen LogP contribution in [-0.2, 0) is 9.53 Å².